The van der Waals surface area contributed by atoms with Crippen LogP contribution in [0.1, 0.15) is 48.7 Å². The van der Waals surface area contributed by atoms with Crippen LogP contribution in [0, 0.1) is 6.92 Å². The van der Waals surface area contributed by atoms with E-state index in [1.807, 2.05) is 0 Å². The van der Waals surface area contributed by atoms with Crippen molar-refractivity contribution in [3.63, 3.8) is 0 Å². The lowest BCUT2D eigenvalue weighted by molar-refractivity contribution is -0.142. The molecule has 1 aromatic heterocycles. The van der Waals surface area contributed by atoms with E-state index in [9.17, 15) is 26.7 Å². The highest BCUT2D eigenvalue weighted by Crippen LogP contribution is 2.47. The third-order valence-electron chi connectivity index (χ3n) is 4.48. The maximum absolute atomic E-state index is 13.3. The number of benzene rings is 1. The lowest BCUT2D eigenvalue weighted by Gasteiger charge is -2.18. The fraction of sp³-hybridized carbons (Fsp3) is 0.444. The molecule has 3 rings (SSSR count). The van der Waals surface area contributed by atoms with Gasteiger partial charge in [-0.1, -0.05) is 6.07 Å². The van der Waals surface area contributed by atoms with Gasteiger partial charge in [-0.05, 0) is 60.3 Å². The molecule has 0 spiro atoms. The van der Waals surface area contributed by atoms with Gasteiger partial charge in [0.1, 0.15) is 11.8 Å². The van der Waals surface area contributed by atoms with Crippen molar-refractivity contribution in [3.8, 4) is 5.75 Å². The number of nitrogens with zero attached hydrogens (tertiary/aromatic N) is 2. The molecule has 0 aliphatic heterocycles. The fourth-order valence-electron chi connectivity index (χ4n) is 2.92. The van der Waals surface area contributed by atoms with E-state index in [1.165, 1.54) is 25.1 Å². The average Bonchev–Trinajstić information content (AvgIpc) is 3.37. The van der Waals surface area contributed by atoms with Gasteiger partial charge in [-0.3, -0.25) is 9.48 Å². The first-order chi connectivity index (χ1) is 13.5. The highest BCUT2D eigenvalue weighted by molar-refractivity contribution is 9.10. The number of aryl methyl sites for hydroxylation is 1. The van der Waals surface area contributed by atoms with Crippen LogP contribution in [0.15, 0.2) is 22.7 Å². The summed E-state index contributed by atoms with van der Waals surface area (Å²) in [6, 6.07) is 3.13. The number of carbonyl (C=O) groups is 1. The normalized spacial score (nSPS) is 15.5. The predicted octanol–water partition coefficient (Wildman–Crippen LogP) is 5.65. The third kappa shape index (κ3) is 4.71. The maximum Gasteiger partial charge on any atom is 0.436 e. The van der Waals surface area contributed by atoms with Crippen LogP contribution in [0.4, 0.5) is 27.6 Å². The Labute approximate surface area is 171 Å². The molecule has 0 saturated heterocycles. The molecule has 29 heavy (non-hydrogen) atoms. The van der Waals surface area contributed by atoms with Gasteiger partial charge in [-0.15, -0.1) is 0 Å². The quantitative estimate of drug-likeness (QED) is 0.542. The van der Waals surface area contributed by atoms with Crippen molar-refractivity contribution in [2.45, 2.75) is 51.4 Å². The minimum atomic E-state index is -4.68. The third-order valence-corrected chi connectivity index (χ3v) is 5.26. The van der Waals surface area contributed by atoms with E-state index in [4.69, 9.17) is 0 Å². The van der Waals surface area contributed by atoms with Crippen molar-refractivity contribution < 1.29 is 31.5 Å². The number of halogens is 6. The molecule has 0 radical (unpaired) electrons. The summed E-state index contributed by atoms with van der Waals surface area (Å²) < 4.78 is 70.3. The van der Waals surface area contributed by atoms with Gasteiger partial charge in [0.2, 0.25) is 5.91 Å². The van der Waals surface area contributed by atoms with E-state index in [1.54, 1.807) is 6.92 Å². The first-order valence-electron chi connectivity index (χ1n) is 8.70. The Hall–Kier alpha value is -2.17. The maximum atomic E-state index is 13.3. The van der Waals surface area contributed by atoms with Crippen LogP contribution in [0.5, 0.6) is 5.75 Å². The number of anilines is 1. The van der Waals surface area contributed by atoms with Crippen molar-refractivity contribution in [1.82, 2.24) is 9.78 Å². The van der Waals surface area contributed by atoms with E-state index in [2.05, 4.69) is 31.1 Å². The fourth-order valence-corrected chi connectivity index (χ4v) is 3.72. The Morgan fingerprint density at radius 1 is 1.34 bits per heavy atom. The molecule has 1 N–H and O–H groups in total. The summed E-state index contributed by atoms with van der Waals surface area (Å²) in [6.45, 7) is -0.00960. The first kappa shape index (κ1) is 21.5. The molecule has 11 heteroatoms. The van der Waals surface area contributed by atoms with Crippen LogP contribution in [0.2, 0.25) is 0 Å². The summed E-state index contributed by atoms with van der Waals surface area (Å²) in [7, 11) is 0. The molecule has 1 atom stereocenters. The number of hydrogen-bond donors (Lipinski definition) is 1. The van der Waals surface area contributed by atoms with Crippen molar-refractivity contribution >= 4 is 27.5 Å². The van der Waals surface area contributed by atoms with Crippen LogP contribution in [-0.4, -0.2) is 22.3 Å². The predicted molar refractivity (Wildman–Crippen MR) is 98.1 cm³/mol. The van der Waals surface area contributed by atoms with Crippen LogP contribution >= 0.6 is 15.9 Å². The average molecular weight is 482 g/mol. The van der Waals surface area contributed by atoms with Crippen molar-refractivity contribution in [2.24, 2.45) is 0 Å². The number of alkyl halides is 5. The van der Waals surface area contributed by atoms with Gasteiger partial charge < -0.3 is 10.1 Å². The van der Waals surface area contributed by atoms with Gasteiger partial charge in [0, 0.05) is 5.92 Å². The largest absolute Gasteiger partial charge is 0.436 e. The zero-order chi connectivity index (χ0) is 21.5. The van der Waals surface area contributed by atoms with Gasteiger partial charge in [0.15, 0.2) is 5.69 Å². The molecule has 158 valence electrons. The summed E-state index contributed by atoms with van der Waals surface area (Å²) in [5.74, 6) is -1.08. The molecule has 1 unspecified atom stereocenters. The van der Waals surface area contributed by atoms with Crippen molar-refractivity contribution in [1.29, 1.82) is 0 Å². The topological polar surface area (TPSA) is 56.1 Å². The Morgan fingerprint density at radius 3 is 2.55 bits per heavy atom. The zero-order valence-electron chi connectivity index (χ0n) is 15.4. The Bertz CT molecular complexity index is 925. The second kappa shape index (κ2) is 7.92. The molecule has 2 aromatic rings. The number of aromatic nitrogens is 2. The highest BCUT2D eigenvalue weighted by atomic mass is 79.9. The van der Waals surface area contributed by atoms with Crippen molar-refractivity contribution in [3.05, 3.63) is 39.6 Å². The van der Waals surface area contributed by atoms with Crippen molar-refractivity contribution in [2.75, 3.05) is 5.32 Å². The molecular formula is C18H17BrF5N3O2. The van der Waals surface area contributed by atoms with E-state index in [0.717, 1.165) is 4.68 Å². The van der Waals surface area contributed by atoms with Crippen LogP contribution in [-0.2, 0) is 11.0 Å². The summed E-state index contributed by atoms with van der Waals surface area (Å²) in [5.41, 5.74) is -0.128. The monoisotopic (exact) mass is 481 g/mol. The number of hydrogen-bond acceptors (Lipinski definition) is 3. The molecule has 1 saturated carbocycles. The molecule has 0 bridgehead atoms. The van der Waals surface area contributed by atoms with E-state index < -0.39 is 30.4 Å². The Balaban J connectivity index is 1.91. The Morgan fingerprint density at radius 2 is 2.00 bits per heavy atom. The molecular weight excluding hydrogens is 465 g/mol. The van der Waals surface area contributed by atoms with E-state index in [0.29, 0.717) is 24.1 Å². The number of ether oxygens (including phenoxy) is 1. The Kier molecular flexibility index (Phi) is 5.88. The minimum Gasteiger partial charge on any atom is -0.433 e. The minimum absolute atomic E-state index is 0.00242. The van der Waals surface area contributed by atoms with Gasteiger partial charge >= 0.3 is 12.8 Å². The van der Waals surface area contributed by atoms with Gasteiger partial charge in [-0.2, -0.15) is 27.1 Å². The van der Waals surface area contributed by atoms with Gasteiger partial charge in [0.25, 0.3) is 0 Å². The van der Waals surface area contributed by atoms with Gasteiger partial charge in [-0.25, -0.2) is 0 Å². The SMILES string of the molecule is Cc1ccc(OC(F)F)c(NC(=O)C(C)n2nc(C(F)(F)F)c(Br)c2C2CC2)c1. The van der Waals surface area contributed by atoms with E-state index in [-0.39, 0.29) is 21.8 Å². The number of amides is 1. The van der Waals surface area contributed by atoms with E-state index >= 15 is 0 Å². The molecule has 1 aromatic carbocycles. The summed E-state index contributed by atoms with van der Waals surface area (Å²) in [4.78, 5) is 12.7. The molecule has 1 aliphatic rings. The number of carbonyl (C=O) groups excluding carboxylic acids is 1. The lowest BCUT2D eigenvalue weighted by Crippen LogP contribution is -2.26. The number of nitrogens with one attached hydrogen (secondary N) is 1. The zero-order valence-corrected chi connectivity index (χ0v) is 16.9. The standard InChI is InChI=1S/C18H17BrF5N3O2/c1-8-3-6-12(29-17(20)21)11(7-8)25-16(28)9(2)27-14(10-4-5-10)13(19)15(26-27)18(22,23)24/h3,6-7,9-10,17H,4-5H2,1-2H3,(H,25,28). The first-order valence-corrected chi connectivity index (χ1v) is 9.49. The second-order valence-electron chi connectivity index (χ2n) is 6.81. The highest BCUT2D eigenvalue weighted by Gasteiger charge is 2.43. The van der Waals surface area contributed by atoms with Crippen LogP contribution < -0.4 is 10.1 Å². The molecule has 5 nitrogen and oxygen atoms in total. The smallest absolute Gasteiger partial charge is 0.433 e. The number of rotatable bonds is 6. The lowest BCUT2D eigenvalue weighted by atomic mass is 10.2. The summed E-state index contributed by atoms with van der Waals surface area (Å²) >= 11 is 2.97. The molecule has 1 fully saturated rings. The molecule has 1 amide bonds. The summed E-state index contributed by atoms with van der Waals surface area (Å²) in [6.07, 6.45) is -3.29. The van der Waals surface area contributed by atoms with Crippen LogP contribution in [0.3, 0.4) is 0 Å². The molecule has 1 aliphatic carbocycles. The molecule has 1 heterocycles. The second-order valence-corrected chi connectivity index (χ2v) is 7.60. The summed E-state index contributed by atoms with van der Waals surface area (Å²) in [5, 5.41) is 6.08. The van der Waals surface area contributed by atoms with Crippen LogP contribution in [0.25, 0.3) is 0 Å². The van der Waals surface area contributed by atoms with Gasteiger partial charge in [0.05, 0.1) is 15.9 Å².